The summed E-state index contributed by atoms with van der Waals surface area (Å²) >= 11 is 0. The highest BCUT2D eigenvalue weighted by Gasteiger charge is 2.18. The number of benzene rings is 1. The van der Waals surface area contributed by atoms with E-state index < -0.39 is 6.04 Å². The third-order valence-electron chi connectivity index (χ3n) is 2.88. The predicted molar refractivity (Wildman–Crippen MR) is 77.3 cm³/mol. The van der Waals surface area contributed by atoms with Crippen LogP contribution in [0.2, 0.25) is 0 Å². The fourth-order valence-electron chi connectivity index (χ4n) is 1.86. The lowest BCUT2D eigenvalue weighted by atomic mass is 10.1. The van der Waals surface area contributed by atoms with Crippen LogP contribution in [0.4, 0.5) is 0 Å². The quantitative estimate of drug-likeness (QED) is 0.830. The second-order valence-electron chi connectivity index (χ2n) is 4.82. The van der Waals surface area contributed by atoms with Gasteiger partial charge in [-0.05, 0) is 30.2 Å². The molecule has 1 unspecified atom stereocenters. The van der Waals surface area contributed by atoms with Crippen molar-refractivity contribution in [3.8, 4) is 23.3 Å². The van der Waals surface area contributed by atoms with Crippen LogP contribution < -0.4 is 19.5 Å². The van der Waals surface area contributed by atoms with Gasteiger partial charge in [-0.2, -0.15) is 5.26 Å². The van der Waals surface area contributed by atoms with Crippen molar-refractivity contribution in [1.29, 1.82) is 5.26 Å². The summed E-state index contributed by atoms with van der Waals surface area (Å²) in [4.78, 5) is 0. The molecule has 0 heterocycles. The van der Waals surface area contributed by atoms with Crippen LogP contribution in [-0.4, -0.2) is 27.9 Å². The lowest BCUT2D eigenvalue weighted by Gasteiger charge is -2.18. The smallest absolute Gasteiger partial charge is 0.203 e. The van der Waals surface area contributed by atoms with Gasteiger partial charge in [-0.25, -0.2) is 0 Å². The van der Waals surface area contributed by atoms with Gasteiger partial charge in [-0.1, -0.05) is 13.8 Å². The maximum absolute atomic E-state index is 9.32. The average Bonchev–Trinajstić information content (AvgIpc) is 2.46. The normalized spacial score (nSPS) is 11.8. The summed E-state index contributed by atoms with van der Waals surface area (Å²) in [5.41, 5.74) is 0.794. The Kier molecular flexibility index (Phi) is 6.13. The molecule has 5 nitrogen and oxygen atoms in total. The Morgan fingerprint density at radius 1 is 1.10 bits per heavy atom. The van der Waals surface area contributed by atoms with Gasteiger partial charge in [-0.15, -0.1) is 0 Å². The molecule has 1 aromatic carbocycles. The van der Waals surface area contributed by atoms with Crippen LogP contribution in [-0.2, 0) is 0 Å². The Balaban J connectivity index is 3.13. The molecule has 0 spiro atoms. The van der Waals surface area contributed by atoms with E-state index in [4.69, 9.17) is 14.2 Å². The van der Waals surface area contributed by atoms with E-state index >= 15 is 0 Å². The molecule has 20 heavy (non-hydrogen) atoms. The fourth-order valence-corrected chi connectivity index (χ4v) is 1.86. The zero-order valence-electron chi connectivity index (χ0n) is 12.7. The van der Waals surface area contributed by atoms with E-state index in [0.29, 0.717) is 23.2 Å². The number of ether oxygens (including phenoxy) is 3. The predicted octanol–water partition coefficient (Wildman–Crippen LogP) is 2.52. The first-order valence-electron chi connectivity index (χ1n) is 6.50. The van der Waals surface area contributed by atoms with Crippen molar-refractivity contribution in [2.45, 2.75) is 19.9 Å². The molecule has 1 N–H and O–H groups in total. The van der Waals surface area contributed by atoms with E-state index in [1.54, 1.807) is 33.5 Å². The molecule has 0 fully saturated rings. The molecule has 110 valence electrons. The number of hydrogen-bond acceptors (Lipinski definition) is 5. The minimum Gasteiger partial charge on any atom is -0.493 e. The molecule has 0 amide bonds. The van der Waals surface area contributed by atoms with Crippen LogP contribution >= 0.6 is 0 Å². The van der Waals surface area contributed by atoms with Crippen molar-refractivity contribution in [2.24, 2.45) is 5.92 Å². The lowest BCUT2D eigenvalue weighted by Crippen LogP contribution is -2.24. The number of nitrogens with one attached hydrogen (secondary N) is 1. The van der Waals surface area contributed by atoms with Gasteiger partial charge in [0.25, 0.3) is 0 Å². The molecule has 0 saturated carbocycles. The summed E-state index contributed by atoms with van der Waals surface area (Å²) < 4.78 is 15.9. The van der Waals surface area contributed by atoms with E-state index in [9.17, 15) is 5.26 Å². The highest BCUT2D eigenvalue weighted by atomic mass is 16.5. The molecule has 0 aliphatic rings. The summed E-state index contributed by atoms with van der Waals surface area (Å²) in [6.07, 6.45) is 0. The molecule has 5 heteroatoms. The Morgan fingerprint density at radius 3 is 2.00 bits per heavy atom. The van der Waals surface area contributed by atoms with Gasteiger partial charge in [0.2, 0.25) is 5.75 Å². The first kappa shape index (κ1) is 16.1. The number of rotatable bonds is 7. The molecule has 0 bridgehead atoms. The third kappa shape index (κ3) is 3.78. The minimum atomic E-state index is -0.411. The molecule has 0 saturated heterocycles. The van der Waals surface area contributed by atoms with Gasteiger partial charge in [0.15, 0.2) is 11.5 Å². The fraction of sp³-hybridized carbons (Fsp3) is 0.533. The highest BCUT2D eigenvalue weighted by molar-refractivity contribution is 5.55. The van der Waals surface area contributed by atoms with Crippen molar-refractivity contribution >= 4 is 0 Å². The minimum absolute atomic E-state index is 0.411. The van der Waals surface area contributed by atoms with Gasteiger partial charge in [0, 0.05) is 0 Å². The molecule has 0 aliphatic heterocycles. The number of hydrogen-bond donors (Lipinski definition) is 1. The Bertz CT molecular complexity index is 455. The van der Waals surface area contributed by atoms with Crippen molar-refractivity contribution in [1.82, 2.24) is 5.32 Å². The van der Waals surface area contributed by atoms with Crippen LogP contribution in [0, 0.1) is 17.2 Å². The molecule has 0 aromatic heterocycles. The Hall–Kier alpha value is -1.93. The van der Waals surface area contributed by atoms with Gasteiger partial charge >= 0.3 is 0 Å². The van der Waals surface area contributed by atoms with Crippen molar-refractivity contribution in [3.05, 3.63) is 17.7 Å². The number of methoxy groups -OCH3 is 3. The van der Waals surface area contributed by atoms with E-state index in [-0.39, 0.29) is 0 Å². The number of nitrogens with zero attached hydrogens (tertiary/aromatic N) is 1. The van der Waals surface area contributed by atoms with E-state index in [0.717, 1.165) is 12.1 Å². The summed E-state index contributed by atoms with van der Waals surface area (Å²) in [6.45, 7) is 4.95. The average molecular weight is 278 g/mol. The summed E-state index contributed by atoms with van der Waals surface area (Å²) in [5, 5.41) is 12.5. The molecular formula is C15H22N2O3. The van der Waals surface area contributed by atoms with Gasteiger partial charge < -0.3 is 14.2 Å². The van der Waals surface area contributed by atoms with Gasteiger partial charge in [-0.3, -0.25) is 5.32 Å². The Morgan fingerprint density at radius 2 is 1.65 bits per heavy atom. The SMILES string of the molecule is COc1cc(C(C#N)NCC(C)C)cc(OC)c1OC. The molecule has 0 radical (unpaired) electrons. The van der Waals surface area contributed by atoms with Crippen LogP contribution in [0.15, 0.2) is 12.1 Å². The summed E-state index contributed by atoms with van der Waals surface area (Å²) in [5.74, 6) is 2.09. The van der Waals surface area contributed by atoms with Crippen molar-refractivity contribution < 1.29 is 14.2 Å². The summed E-state index contributed by atoms with van der Waals surface area (Å²) in [6, 6.07) is 5.43. The van der Waals surface area contributed by atoms with Crippen LogP contribution in [0.3, 0.4) is 0 Å². The lowest BCUT2D eigenvalue weighted by molar-refractivity contribution is 0.323. The monoisotopic (exact) mass is 278 g/mol. The van der Waals surface area contributed by atoms with Crippen LogP contribution in [0.1, 0.15) is 25.5 Å². The molecular weight excluding hydrogens is 256 g/mol. The largest absolute Gasteiger partial charge is 0.493 e. The molecule has 0 aliphatic carbocycles. The standard InChI is InChI=1S/C15H22N2O3/c1-10(2)9-17-12(8-16)11-6-13(18-3)15(20-5)14(7-11)19-4/h6-7,10,12,17H,9H2,1-5H3. The van der Waals surface area contributed by atoms with E-state index in [1.165, 1.54) is 0 Å². The second-order valence-corrected chi connectivity index (χ2v) is 4.82. The first-order chi connectivity index (χ1) is 9.57. The zero-order valence-corrected chi connectivity index (χ0v) is 12.7. The van der Waals surface area contributed by atoms with Crippen molar-refractivity contribution in [2.75, 3.05) is 27.9 Å². The number of nitriles is 1. The van der Waals surface area contributed by atoms with Gasteiger partial charge in [0.1, 0.15) is 6.04 Å². The van der Waals surface area contributed by atoms with Crippen molar-refractivity contribution in [3.63, 3.8) is 0 Å². The maximum Gasteiger partial charge on any atom is 0.203 e. The Labute approximate surface area is 120 Å². The highest BCUT2D eigenvalue weighted by Crippen LogP contribution is 2.39. The zero-order chi connectivity index (χ0) is 15.1. The van der Waals surface area contributed by atoms with Gasteiger partial charge in [0.05, 0.1) is 27.4 Å². The third-order valence-corrected chi connectivity index (χ3v) is 2.88. The van der Waals surface area contributed by atoms with E-state index in [1.807, 2.05) is 0 Å². The van der Waals surface area contributed by atoms with E-state index in [2.05, 4.69) is 25.2 Å². The van der Waals surface area contributed by atoms with Crippen LogP contribution in [0.5, 0.6) is 17.2 Å². The molecule has 1 aromatic rings. The molecule has 1 rings (SSSR count). The second kappa shape index (κ2) is 7.61. The first-order valence-corrected chi connectivity index (χ1v) is 6.50. The van der Waals surface area contributed by atoms with Crippen LogP contribution in [0.25, 0.3) is 0 Å². The topological polar surface area (TPSA) is 63.5 Å². The molecule has 1 atom stereocenters. The maximum atomic E-state index is 9.32. The summed E-state index contributed by atoms with van der Waals surface area (Å²) in [7, 11) is 4.67.